The maximum atomic E-state index is 5.77. The molecule has 2 aromatic rings. The summed E-state index contributed by atoms with van der Waals surface area (Å²) in [5.41, 5.74) is 3.43. The van der Waals surface area contributed by atoms with Gasteiger partial charge < -0.3 is 14.5 Å². The Kier molecular flexibility index (Phi) is 5.26. The number of hydrogen-bond acceptors (Lipinski definition) is 3. The van der Waals surface area contributed by atoms with Gasteiger partial charge in [0.1, 0.15) is 5.75 Å². The molecule has 0 saturated heterocycles. The minimum atomic E-state index is 0.0505. The van der Waals surface area contributed by atoms with Crippen molar-refractivity contribution in [2.75, 3.05) is 13.2 Å². The Bertz CT molecular complexity index is 565. The van der Waals surface area contributed by atoms with Gasteiger partial charge in [-0.25, -0.2) is 0 Å². The van der Waals surface area contributed by atoms with Gasteiger partial charge in [0.2, 0.25) is 0 Å². The molecule has 20 heavy (non-hydrogen) atoms. The first-order chi connectivity index (χ1) is 9.67. The van der Waals surface area contributed by atoms with Crippen LogP contribution in [0.4, 0.5) is 0 Å². The standard InChI is InChI=1S/C16H20BrNO2/c1-4-18-15(12-8-9-20-16(12)17)13-10-11(3)6-7-14(13)19-5-2/h6-10,15,18H,4-5H2,1-3H3. The largest absolute Gasteiger partial charge is 0.494 e. The number of rotatable bonds is 6. The van der Waals surface area contributed by atoms with Crippen LogP contribution in [0, 0.1) is 6.92 Å². The van der Waals surface area contributed by atoms with Gasteiger partial charge in [0, 0.05) is 11.1 Å². The van der Waals surface area contributed by atoms with Crippen molar-refractivity contribution in [2.24, 2.45) is 0 Å². The van der Waals surface area contributed by atoms with Crippen LogP contribution < -0.4 is 10.1 Å². The normalized spacial score (nSPS) is 12.4. The summed E-state index contributed by atoms with van der Waals surface area (Å²) in [6, 6.07) is 8.30. The molecule has 0 bridgehead atoms. The lowest BCUT2D eigenvalue weighted by atomic mass is 9.98. The molecular weight excluding hydrogens is 318 g/mol. The Balaban J connectivity index is 2.48. The van der Waals surface area contributed by atoms with Crippen LogP contribution >= 0.6 is 15.9 Å². The molecule has 0 fully saturated rings. The summed E-state index contributed by atoms with van der Waals surface area (Å²) in [5.74, 6) is 0.914. The van der Waals surface area contributed by atoms with E-state index in [-0.39, 0.29) is 6.04 Å². The summed E-state index contributed by atoms with van der Waals surface area (Å²) in [7, 11) is 0. The van der Waals surface area contributed by atoms with Gasteiger partial charge in [0.05, 0.1) is 18.9 Å². The number of halogens is 1. The summed E-state index contributed by atoms with van der Waals surface area (Å²) in [6.45, 7) is 7.70. The highest BCUT2D eigenvalue weighted by atomic mass is 79.9. The van der Waals surface area contributed by atoms with Crippen molar-refractivity contribution in [1.82, 2.24) is 5.32 Å². The lowest BCUT2D eigenvalue weighted by Crippen LogP contribution is -2.22. The van der Waals surface area contributed by atoms with Crippen molar-refractivity contribution >= 4 is 15.9 Å². The zero-order valence-corrected chi connectivity index (χ0v) is 13.7. The average Bonchev–Trinajstić information content (AvgIpc) is 2.85. The van der Waals surface area contributed by atoms with E-state index < -0.39 is 0 Å². The Morgan fingerprint density at radius 3 is 2.65 bits per heavy atom. The van der Waals surface area contributed by atoms with E-state index in [0.717, 1.165) is 28.1 Å². The van der Waals surface area contributed by atoms with Crippen LogP contribution in [0.15, 0.2) is 39.6 Å². The smallest absolute Gasteiger partial charge is 0.174 e. The van der Waals surface area contributed by atoms with Crippen molar-refractivity contribution in [3.05, 3.63) is 51.9 Å². The molecule has 0 aliphatic rings. The van der Waals surface area contributed by atoms with Crippen LogP contribution in [0.25, 0.3) is 0 Å². The summed E-state index contributed by atoms with van der Waals surface area (Å²) in [4.78, 5) is 0. The second kappa shape index (κ2) is 6.95. The Labute approximate surface area is 128 Å². The van der Waals surface area contributed by atoms with E-state index in [9.17, 15) is 0 Å². The van der Waals surface area contributed by atoms with Crippen LogP contribution in [0.5, 0.6) is 5.75 Å². The van der Waals surface area contributed by atoms with Crippen molar-refractivity contribution in [1.29, 1.82) is 0 Å². The predicted molar refractivity (Wildman–Crippen MR) is 84.3 cm³/mol. The van der Waals surface area contributed by atoms with Crippen molar-refractivity contribution < 1.29 is 9.15 Å². The number of nitrogens with one attached hydrogen (secondary N) is 1. The first-order valence-corrected chi connectivity index (χ1v) is 7.66. The molecule has 1 heterocycles. The van der Waals surface area contributed by atoms with Gasteiger partial charge in [-0.1, -0.05) is 24.6 Å². The lowest BCUT2D eigenvalue weighted by molar-refractivity contribution is 0.333. The molecule has 108 valence electrons. The summed E-state index contributed by atoms with van der Waals surface area (Å²) in [6.07, 6.45) is 1.69. The number of hydrogen-bond donors (Lipinski definition) is 1. The van der Waals surface area contributed by atoms with E-state index in [1.165, 1.54) is 5.56 Å². The Morgan fingerprint density at radius 2 is 2.05 bits per heavy atom. The summed E-state index contributed by atoms with van der Waals surface area (Å²) >= 11 is 3.47. The van der Waals surface area contributed by atoms with Crippen LogP contribution in [0.2, 0.25) is 0 Å². The molecule has 1 unspecified atom stereocenters. The molecule has 0 aliphatic carbocycles. The average molecular weight is 338 g/mol. The first kappa shape index (κ1) is 15.1. The predicted octanol–water partition coefficient (Wildman–Crippen LogP) is 4.45. The molecule has 1 aromatic carbocycles. The van der Waals surface area contributed by atoms with Gasteiger partial charge in [-0.3, -0.25) is 0 Å². The van der Waals surface area contributed by atoms with Crippen molar-refractivity contribution in [3.8, 4) is 5.75 Å². The summed E-state index contributed by atoms with van der Waals surface area (Å²) in [5, 5.41) is 3.50. The van der Waals surface area contributed by atoms with Gasteiger partial charge in [0.15, 0.2) is 4.67 Å². The summed E-state index contributed by atoms with van der Waals surface area (Å²) < 4.78 is 11.9. The van der Waals surface area contributed by atoms with Crippen LogP contribution in [-0.4, -0.2) is 13.2 Å². The maximum Gasteiger partial charge on any atom is 0.174 e. The molecule has 1 N–H and O–H groups in total. The maximum absolute atomic E-state index is 5.77. The van der Waals surface area contributed by atoms with Gasteiger partial charge in [0.25, 0.3) is 0 Å². The van der Waals surface area contributed by atoms with Crippen LogP contribution in [0.3, 0.4) is 0 Å². The molecule has 4 heteroatoms. The molecule has 0 amide bonds. The Hall–Kier alpha value is -1.26. The molecule has 0 radical (unpaired) electrons. The minimum absolute atomic E-state index is 0.0505. The fourth-order valence-corrected chi connectivity index (χ4v) is 2.75. The number of benzene rings is 1. The second-order valence-electron chi connectivity index (χ2n) is 4.61. The van der Waals surface area contributed by atoms with Crippen molar-refractivity contribution in [2.45, 2.75) is 26.8 Å². The van der Waals surface area contributed by atoms with E-state index in [0.29, 0.717) is 6.61 Å². The molecule has 0 aliphatic heterocycles. The minimum Gasteiger partial charge on any atom is -0.494 e. The topological polar surface area (TPSA) is 34.4 Å². The molecule has 3 nitrogen and oxygen atoms in total. The van der Waals surface area contributed by atoms with E-state index in [1.54, 1.807) is 6.26 Å². The first-order valence-electron chi connectivity index (χ1n) is 6.87. The third-order valence-corrected chi connectivity index (χ3v) is 3.79. The highest BCUT2D eigenvalue weighted by molar-refractivity contribution is 9.10. The van der Waals surface area contributed by atoms with Crippen molar-refractivity contribution in [3.63, 3.8) is 0 Å². The molecule has 1 aromatic heterocycles. The van der Waals surface area contributed by atoms with Gasteiger partial charge in [-0.05, 0) is 48.5 Å². The SMILES string of the molecule is CCNC(c1cc(C)ccc1OCC)c1ccoc1Br. The van der Waals surface area contributed by atoms with Gasteiger partial charge >= 0.3 is 0 Å². The quantitative estimate of drug-likeness (QED) is 0.845. The monoisotopic (exact) mass is 337 g/mol. The molecule has 0 spiro atoms. The molecule has 2 rings (SSSR count). The highest BCUT2D eigenvalue weighted by Crippen LogP contribution is 2.35. The van der Waals surface area contributed by atoms with E-state index in [2.05, 4.69) is 47.2 Å². The highest BCUT2D eigenvalue weighted by Gasteiger charge is 2.21. The fourth-order valence-electron chi connectivity index (χ4n) is 2.28. The second-order valence-corrected chi connectivity index (χ2v) is 5.33. The zero-order chi connectivity index (χ0) is 14.5. The third kappa shape index (κ3) is 3.25. The number of aryl methyl sites for hydroxylation is 1. The van der Waals surface area contributed by atoms with Gasteiger partial charge in [-0.2, -0.15) is 0 Å². The van der Waals surface area contributed by atoms with Gasteiger partial charge in [-0.15, -0.1) is 0 Å². The van der Waals surface area contributed by atoms with Crippen LogP contribution in [0.1, 0.15) is 36.6 Å². The Morgan fingerprint density at radius 1 is 1.25 bits per heavy atom. The third-order valence-electron chi connectivity index (χ3n) is 3.14. The van der Waals surface area contributed by atoms with E-state index in [4.69, 9.17) is 9.15 Å². The molecular formula is C16H20BrNO2. The number of furan rings is 1. The molecule has 0 saturated carbocycles. The zero-order valence-electron chi connectivity index (χ0n) is 12.1. The van der Waals surface area contributed by atoms with E-state index >= 15 is 0 Å². The molecule has 1 atom stereocenters. The van der Waals surface area contributed by atoms with E-state index in [1.807, 2.05) is 19.1 Å². The fraction of sp³-hybridized carbons (Fsp3) is 0.375. The number of ether oxygens (including phenoxy) is 1. The lowest BCUT2D eigenvalue weighted by Gasteiger charge is -2.21. The van der Waals surface area contributed by atoms with Crippen LogP contribution in [-0.2, 0) is 0 Å².